The molecule has 0 unspecified atom stereocenters. The fraction of sp³-hybridized carbons (Fsp3) is 0.394. The number of carbonyl (C=O) groups excluding carboxylic acids is 3. The van der Waals surface area contributed by atoms with E-state index >= 15 is 0 Å². The molecule has 8 aliphatic carbocycles. The van der Waals surface area contributed by atoms with Crippen molar-refractivity contribution >= 4 is 81.7 Å². The number of rotatable bonds is 11. The van der Waals surface area contributed by atoms with Crippen LogP contribution >= 0.6 is 23.2 Å². The number of nitrogens with zero attached hydrogens (tertiary/aromatic N) is 4. The molecule has 8 N–H and O–H groups in total. The van der Waals surface area contributed by atoms with Gasteiger partial charge in [-0.15, -0.1) is 0 Å². The molecule has 2 aromatic heterocycles. The quantitative estimate of drug-likeness (QED) is 0.0638. The lowest BCUT2D eigenvalue weighted by atomic mass is 9.54. The highest BCUT2D eigenvalue weighted by Gasteiger charge is 2.58. The van der Waals surface area contributed by atoms with Gasteiger partial charge in [0.05, 0.1) is 47.9 Å². The van der Waals surface area contributed by atoms with Crippen molar-refractivity contribution < 1.29 is 39.5 Å². The van der Waals surface area contributed by atoms with Crippen LogP contribution in [-0.4, -0.2) is 89.6 Å². The van der Waals surface area contributed by atoms with Crippen LogP contribution in [-0.2, 0) is 22.3 Å². The molecule has 8 aliphatic rings. The molecule has 3 amide bonds. The smallest absolute Gasteiger partial charge is 0.412 e. The SMILES string of the molecule is C.CC(C)(C)OC(=O)Nc1ccc(C(=O)NC23CCCC(Nc4ncc(Cl)c(C5=CCc6ccccc65)n4)(C2)C3)cc1.CC(C)(C)OC(=O)Nc1ccc(C(=O)O)cc1.NC12CCCC(Nc3ncc(Cl)c(C4=CCc5ccccc54)n3)(C1)C2.[2H]CF. The van der Waals surface area contributed by atoms with Gasteiger partial charge in [-0.1, -0.05) is 91.3 Å². The topological polar surface area (TPSA) is 245 Å². The number of carboxylic acids is 1. The van der Waals surface area contributed by atoms with E-state index in [1.54, 1.807) is 57.4 Å². The van der Waals surface area contributed by atoms with Gasteiger partial charge in [-0.3, -0.25) is 19.8 Å². The number of allylic oxidation sites excluding steroid dienone is 2. The van der Waals surface area contributed by atoms with Crippen LogP contribution in [0.1, 0.15) is 169 Å². The van der Waals surface area contributed by atoms with E-state index in [0.29, 0.717) is 38.9 Å². The standard InChI is InChI=1S/C32H34ClN5O3.C20H21ClN4.C12H15NO4.CH3F.CH4/c1-30(2,3)41-29(40)35-22-12-9-21(10-13-22)27(39)37-31-15-6-16-32(18-31,19-31)38-28-34-17-25(33)26(36-28)24-14-11-20-7-4-5-8-23(20)24;21-16-10-23-18(25-20-9-3-8-19(22,11-20)12-20)24-17(16)15-7-6-13-4-1-2-5-14(13)15;1-12(2,3)17-11(16)13-9-6-4-8(5-7-9)10(14)15;1-2;/h4-5,7-10,12-14,17H,6,11,15-16,18-19H2,1-3H3,(H,35,40)(H,37,39)(H,34,36,38);1-2,4-5,7,10H,3,6,8-9,11-12,22H2,(H,23,24,25);4-7H,1-3H3,(H,13,16)(H,14,15);1H3;1H4/i;;;1D;. The predicted octanol–water partition coefficient (Wildman–Crippen LogP) is 14.7. The van der Waals surface area contributed by atoms with Crippen molar-refractivity contribution in [3.05, 3.63) is 176 Å². The number of amides is 3. The van der Waals surface area contributed by atoms with Crippen LogP contribution < -0.4 is 32.3 Å². The lowest BCUT2D eigenvalue weighted by Gasteiger charge is -2.61. The molecule has 6 aromatic rings. The lowest BCUT2D eigenvalue weighted by Crippen LogP contribution is -2.70. The molecule has 4 aromatic carbocycles. The van der Waals surface area contributed by atoms with Gasteiger partial charge >= 0.3 is 18.2 Å². The average molecular weight is 1210 g/mol. The van der Waals surface area contributed by atoms with E-state index in [9.17, 15) is 23.6 Å². The summed E-state index contributed by atoms with van der Waals surface area (Å²) in [5, 5.41) is 25.5. The van der Waals surface area contributed by atoms with Gasteiger partial charge in [-0.05, 0) is 189 Å². The highest BCUT2D eigenvalue weighted by atomic mass is 35.5. The fourth-order valence-corrected chi connectivity index (χ4v) is 12.9. The first-order valence-corrected chi connectivity index (χ1v) is 29.1. The van der Waals surface area contributed by atoms with Crippen molar-refractivity contribution in [2.45, 2.75) is 159 Å². The van der Waals surface area contributed by atoms with Gasteiger partial charge in [0.15, 0.2) is 0 Å². The Labute approximate surface area is 514 Å². The number of nitrogens with two attached hydrogens (primary N) is 1. The number of aromatic carboxylic acids is 1. The number of hydrogen-bond acceptors (Lipinski definition) is 13. The summed E-state index contributed by atoms with van der Waals surface area (Å²) in [5.74, 6) is 0.0909. The molecular weight excluding hydrogens is 1130 g/mol. The third-order valence-electron chi connectivity index (χ3n) is 15.7. The van der Waals surface area contributed by atoms with Crippen LogP contribution in [0.5, 0.6) is 0 Å². The maximum Gasteiger partial charge on any atom is 0.412 e. The first-order chi connectivity index (χ1) is 40.8. The van der Waals surface area contributed by atoms with Crippen LogP contribution in [0.15, 0.2) is 122 Å². The maximum absolute atomic E-state index is 13.2. The Hall–Kier alpha value is -7.93. The van der Waals surface area contributed by atoms with Crippen LogP contribution in [0.25, 0.3) is 11.1 Å². The minimum atomic E-state index is -1.01. The highest BCUT2D eigenvalue weighted by Crippen LogP contribution is 2.54. The molecule has 86 heavy (non-hydrogen) atoms. The Balaban J connectivity index is 0.000000181. The van der Waals surface area contributed by atoms with Crippen molar-refractivity contribution in [2.24, 2.45) is 5.73 Å². The zero-order chi connectivity index (χ0) is 61.7. The lowest BCUT2D eigenvalue weighted by molar-refractivity contribution is 0.0272. The Kier molecular flexibility index (Phi) is 18.9. The van der Waals surface area contributed by atoms with Gasteiger partial charge in [-0.25, -0.2) is 34.3 Å². The molecule has 20 heteroatoms. The van der Waals surface area contributed by atoms with E-state index in [4.69, 9.17) is 54.9 Å². The van der Waals surface area contributed by atoms with Crippen LogP contribution in [0, 0.1) is 0 Å². The summed E-state index contributed by atoms with van der Waals surface area (Å²) in [6, 6.07) is 29.4. The third kappa shape index (κ3) is 15.4. The van der Waals surface area contributed by atoms with Crippen molar-refractivity contribution in [1.29, 1.82) is 0 Å². The zero-order valence-corrected chi connectivity index (χ0v) is 50.1. The molecule has 6 saturated carbocycles. The van der Waals surface area contributed by atoms with E-state index < -0.39 is 36.5 Å². The second-order valence-corrected chi connectivity index (χ2v) is 25.6. The summed E-state index contributed by atoms with van der Waals surface area (Å²) in [6.45, 7) is 10.7. The fourth-order valence-electron chi connectivity index (χ4n) is 12.5. The molecule has 0 saturated heterocycles. The van der Waals surface area contributed by atoms with Gasteiger partial charge < -0.3 is 36.3 Å². The largest absolute Gasteiger partial charge is 0.478 e. The molecule has 17 nitrogen and oxygen atoms in total. The molecule has 454 valence electrons. The van der Waals surface area contributed by atoms with Crippen molar-refractivity contribution in [3.8, 4) is 0 Å². The summed E-state index contributed by atoms with van der Waals surface area (Å²) < 4.78 is 25.8. The minimum absolute atomic E-state index is 0. The number of carbonyl (C=O) groups is 4. The summed E-state index contributed by atoms with van der Waals surface area (Å²) in [6.07, 6.45) is 18.4. The first kappa shape index (κ1) is 62.6. The molecule has 0 spiro atoms. The first-order valence-electron chi connectivity index (χ1n) is 29.1. The molecule has 14 rings (SSSR count). The second kappa shape index (κ2) is 26.0. The van der Waals surface area contributed by atoms with E-state index in [1.807, 2.05) is 32.9 Å². The number of ether oxygens (including phenoxy) is 2. The number of anilines is 4. The van der Waals surface area contributed by atoms with E-state index in [2.05, 4.69) is 85.1 Å². The maximum atomic E-state index is 13.2. The van der Waals surface area contributed by atoms with Crippen molar-refractivity contribution in [2.75, 3.05) is 28.4 Å². The summed E-state index contributed by atoms with van der Waals surface area (Å²) in [4.78, 5) is 65.8. The second-order valence-electron chi connectivity index (χ2n) is 24.8. The number of alkyl halides is 1. The summed E-state index contributed by atoms with van der Waals surface area (Å²) in [7, 11) is -1.00. The van der Waals surface area contributed by atoms with Crippen molar-refractivity contribution in [3.63, 3.8) is 0 Å². The Bertz CT molecular complexity index is 3560. The number of benzene rings is 4. The summed E-state index contributed by atoms with van der Waals surface area (Å²) in [5.41, 5.74) is 15.3. The molecule has 0 aliphatic heterocycles. The number of halogens is 3. The summed E-state index contributed by atoms with van der Waals surface area (Å²) >= 11 is 13.0. The molecule has 0 radical (unpaired) electrons. The van der Waals surface area contributed by atoms with Gasteiger partial charge in [0.25, 0.3) is 5.91 Å². The molecular formula is C66H77Cl2FN10O7. The van der Waals surface area contributed by atoms with Crippen LogP contribution in [0.2, 0.25) is 10.0 Å². The van der Waals surface area contributed by atoms with Gasteiger partial charge in [0.1, 0.15) is 11.2 Å². The average Bonchev–Trinajstić information content (AvgIpc) is 1.39. The van der Waals surface area contributed by atoms with Crippen LogP contribution in [0.4, 0.5) is 37.3 Å². The monoisotopic (exact) mass is 1210 g/mol. The molecule has 0 atom stereocenters. The third-order valence-corrected chi connectivity index (χ3v) is 16.3. The van der Waals surface area contributed by atoms with E-state index in [1.165, 1.54) is 47.4 Å². The molecule has 4 bridgehead atoms. The Morgan fingerprint density at radius 2 is 1.02 bits per heavy atom. The number of fused-ring (bicyclic) bond motifs is 6. The number of aromatic nitrogens is 4. The van der Waals surface area contributed by atoms with Gasteiger partial charge in [0.2, 0.25) is 11.9 Å². The minimum Gasteiger partial charge on any atom is -0.478 e. The van der Waals surface area contributed by atoms with Crippen molar-refractivity contribution in [1.82, 2.24) is 25.3 Å². The van der Waals surface area contributed by atoms with E-state index in [0.717, 1.165) is 98.7 Å². The normalized spacial score (nSPS) is 21.7. The van der Waals surface area contributed by atoms with Crippen LogP contribution in [0.3, 0.4) is 0 Å². The predicted molar refractivity (Wildman–Crippen MR) is 338 cm³/mol. The Morgan fingerprint density at radius 3 is 1.45 bits per heavy atom. The molecule has 2 heterocycles. The number of hydrogen-bond donors (Lipinski definition) is 7. The van der Waals surface area contributed by atoms with Gasteiger partial charge in [0, 0.05) is 50.2 Å². The van der Waals surface area contributed by atoms with E-state index in [-0.39, 0.29) is 41.1 Å². The van der Waals surface area contributed by atoms with Gasteiger partial charge in [-0.2, -0.15) is 0 Å². The zero-order valence-electron chi connectivity index (χ0n) is 49.6. The highest BCUT2D eigenvalue weighted by molar-refractivity contribution is 6.32. The number of carboxylic acid groups (broad SMARTS) is 1. The number of nitrogens with one attached hydrogen (secondary N) is 5. The molecule has 6 fully saturated rings. The Morgan fingerprint density at radius 1 is 0.616 bits per heavy atom.